The average molecular weight is 293 g/mol. The Morgan fingerprint density at radius 3 is 2.55 bits per heavy atom. The summed E-state index contributed by atoms with van der Waals surface area (Å²) in [6, 6.07) is 4.07. The number of aromatic nitrogens is 2. The fraction of sp³-hybridized carbons (Fsp3) is 0.538. The first kappa shape index (κ1) is 16.0. The summed E-state index contributed by atoms with van der Waals surface area (Å²) in [6.07, 6.45) is 1.99. The number of anilines is 2. The summed E-state index contributed by atoms with van der Waals surface area (Å²) in [6.45, 7) is 6.17. The molecule has 0 aliphatic heterocycles. The van der Waals surface area contributed by atoms with E-state index in [1.165, 1.54) is 0 Å². The normalized spacial score (nSPS) is 10.5. The Hall–Kier alpha value is -2.05. The van der Waals surface area contributed by atoms with Crippen LogP contribution in [0.4, 0.5) is 11.8 Å². The van der Waals surface area contributed by atoms with Crippen LogP contribution in [0.1, 0.15) is 39.2 Å². The first-order chi connectivity index (χ1) is 9.43. The van der Waals surface area contributed by atoms with Crippen molar-refractivity contribution in [2.45, 2.75) is 39.2 Å². The van der Waals surface area contributed by atoms with Gasteiger partial charge in [0.25, 0.3) is 0 Å². The summed E-state index contributed by atoms with van der Waals surface area (Å²) >= 11 is 5.98. The highest BCUT2D eigenvalue weighted by Gasteiger charge is 2.20. The summed E-state index contributed by atoms with van der Waals surface area (Å²) in [5.74, 6) is 0.608. The molecule has 0 fully saturated rings. The van der Waals surface area contributed by atoms with Crippen LogP contribution in [0.5, 0.6) is 0 Å². The molecule has 0 aromatic carbocycles. The summed E-state index contributed by atoms with van der Waals surface area (Å²) in [4.78, 5) is 8.21. The van der Waals surface area contributed by atoms with E-state index in [0.717, 1.165) is 12.8 Å². The predicted molar refractivity (Wildman–Crippen MR) is 78.5 cm³/mol. The van der Waals surface area contributed by atoms with Crippen LogP contribution in [0.15, 0.2) is 0 Å². The zero-order valence-electron chi connectivity index (χ0n) is 11.8. The predicted octanol–water partition coefficient (Wildman–Crippen LogP) is 2.93. The molecule has 1 aromatic heterocycles. The molecule has 0 amide bonds. The molecule has 0 atom stereocenters. The molecular weight excluding hydrogens is 276 g/mol. The van der Waals surface area contributed by atoms with Gasteiger partial charge >= 0.3 is 0 Å². The Labute approximate surface area is 123 Å². The maximum atomic E-state index is 9.10. The number of nitriles is 2. The van der Waals surface area contributed by atoms with Crippen molar-refractivity contribution < 1.29 is 0 Å². The van der Waals surface area contributed by atoms with Crippen LogP contribution < -0.4 is 10.6 Å². The van der Waals surface area contributed by atoms with Gasteiger partial charge in [0.1, 0.15) is 17.2 Å². The van der Waals surface area contributed by atoms with Gasteiger partial charge in [0.2, 0.25) is 5.95 Å². The van der Waals surface area contributed by atoms with E-state index < -0.39 is 5.54 Å². The molecule has 0 unspecified atom stereocenters. The molecule has 1 aromatic rings. The van der Waals surface area contributed by atoms with Gasteiger partial charge in [-0.25, -0.2) is 0 Å². The van der Waals surface area contributed by atoms with Crippen molar-refractivity contribution >= 4 is 23.4 Å². The maximum Gasteiger partial charge on any atom is 0.227 e. The number of unbranched alkanes of at least 4 members (excludes halogenated alkanes) is 1. The molecule has 7 heteroatoms. The molecule has 0 radical (unpaired) electrons. The minimum absolute atomic E-state index is 0.0674. The summed E-state index contributed by atoms with van der Waals surface area (Å²) < 4.78 is 0. The van der Waals surface area contributed by atoms with Crippen LogP contribution in [0.3, 0.4) is 0 Å². The van der Waals surface area contributed by atoms with E-state index in [1.807, 2.05) is 6.07 Å². The van der Waals surface area contributed by atoms with Gasteiger partial charge in [-0.3, -0.25) is 0 Å². The number of halogens is 1. The third-order valence-electron chi connectivity index (χ3n) is 2.50. The Balaban J connectivity index is 3.06. The van der Waals surface area contributed by atoms with Gasteiger partial charge in [-0.2, -0.15) is 20.5 Å². The summed E-state index contributed by atoms with van der Waals surface area (Å²) in [5.41, 5.74) is -0.610. The molecule has 1 rings (SSSR count). The largest absolute Gasteiger partial charge is 0.369 e. The fourth-order valence-corrected chi connectivity index (χ4v) is 1.62. The van der Waals surface area contributed by atoms with Crippen molar-refractivity contribution in [3.8, 4) is 12.1 Å². The topological polar surface area (TPSA) is 97.4 Å². The summed E-state index contributed by atoms with van der Waals surface area (Å²) in [5, 5.41) is 24.1. The van der Waals surface area contributed by atoms with Gasteiger partial charge in [-0.05, 0) is 20.3 Å². The number of rotatable bonds is 6. The molecule has 2 N–H and O–H groups in total. The second-order valence-corrected chi connectivity index (χ2v) is 5.17. The lowest BCUT2D eigenvalue weighted by Gasteiger charge is -2.18. The zero-order chi connectivity index (χ0) is 15.2. The molecule has 0 spiro atoms. The van der Waals surface area contributed by atoms with Crippen molar-refractivity contribution in [2.24, 2.45) is 0 Å². The van der Waals surface area contributed by atoms with Gasteiger partial charge in [-0.15, -0.1) is 0 Å². The lowest BCUT2D eigenvalue weighted by molar-refractivity contribution is 0.716. The standard InChI is InChI=1S/C13H17ClN6/c1-4-5-6-17-11-9(7-15)10(14)18-12(19-11)20-13(2,3)8-16/h4-6H2,1-3H3,(H2,17,18,19,20). The smallest absolute Gasteiger partial charge is 0.227 e. The average Bonchev–Trinajstić information content (AvgIpc) is 2.38. The fourth-order valence-electron chi connectivity index (χ4n) is 1.41. The minimum Gasteiger partial charge on any atom is -0.369 e. The SMILES string of the molecule is CCCCNc1nc(NC(C)(C)C#N)nc(Cl)c1C#N. The lowest BCUT2D eigenvalue weighted by atomic mass is 10.1. The van der Waals surface area contributed by atoms with E-state index in [1.54, 1.807) is 13.8 Å². The van der Waals surface area contributed by atoms with E-state index in [0.29, 0.717) is 12.4 Å². The first-order valence-electron chi connectivity index (χ1n) is 6.34. The number of nitrogens with zero attached hydrogens (tertiary/aromatic N) is 4. The van der Waals surface area contributed by atoms with Crippen molar-refractivity contribution in [1.82, 2.24) is 9.97 Å². The maximum absolute atomic E-state index is 9.10. The van der Waals surface area contributed by atoms with Crippen LogP contribution >= 0.6 is 11.6 Å². The third-order valence-corrected chi connectivity index (χ3v) is 2.78. The molecule has 20 heavy (non-hydrogen) atoms. The van der Waals surface area contributed by atoms with Crippen LogP contribution in [0.2, 0.25) is 5.15 Å². The monoisotopic (exact) mass is 292 g/mol. The van der Waals surface area contributed by atoms with Crippen molar-refractivity contribution in [3.05, 3.63) is 10.7 Å². The molecule has 0 saturated carbocycles. The molecular formula is C13H17ClN6. The number of hydrogen-bond donors (Lipinski definition) is 2. The van der Waals surface area contributed by atoms with Gasteiger partial charge < -0.3 is 10.6 Å². The molecule has 0 aliphatic carbocycles. The molecule has 0 bridgehead atoms. The Morgan fingerprint density at radius 2 is 2.00 bits per heavy atom. The quantitative estimate of drug-likeness (QED) is 0.618. The van der Waals surface area contributed by atoms with E-state index in [9.17, 15) is 0 Å². The highest BCUT2D eigenvalue weighted by molar-refractivity contribution is 6.31. The van der Waals surface area contributed by atoms with E-state index in [2.05, 4.69) is 33.6 Å². The van der Waals surface area contributed by atoms with Crippen LogP contribution in [0, 0.1) is 22.7 Å². The van der Waals surface area contributed by atoms with E-state index in [4.69, 9.17) is 22.1 Å². The third kappa shape index (κ3) is 4.25. The van der Waals surface area contributed by atoms with Gasteiger partial charge in [0.15, 0.2) is 11.0 Å². The van der Waals surface area contributed by atoms with Gasteiger partial charge in [0.05, 0.1) is 6.07 Å². The molecule has 6 nitrogen and oxygen atoms in total. The van der Waals surface area contributed by atoms with E-state index >= 15 is 0 Å². The Morgan fingerprint density at radius 1 is 1.30 bits per heavy atom. The van der Waals surface area contributed by atoms with Crippen molar-refractivity contribution in [1.29, 1.82) is 10.5 Å². The molecule has 0 aliphatic rings. The van der Waals surface area contributed by atoms with Gasteiger partial charge in [0, 0.05) is 6.54 Å². The molecule has 0 saturated heterocycles. The minimum atomic E-state index is -0.821. The zero-order valence-corrected chi connectivity index (χ0v) is 12.5. The Bertz CT molecular complexity index is 555. The van der Waals surface area contributed by atoms with Crippen molar-refractivity contribution in [2.75, 3.05) is 17.2 Å². The van der Waals surface area contributed by atoms with Gasteiger partial charge in [-0.1, -0.05) is 24.9 Å². The molecule has 1 heterocycles. The molecule has 106 valence electrons. The summed E-state index contributed by atoms with van der Waals surface area (Å²) in [7, 11) is 0. The number of hydrogen-bond acceptors (Lipinski definition) is 6. The van der Waals surface area contributed by atoms with Crippen LogP contribution in [-0.4, -0.2) is 22.1 Å². The van der Waals surface area contributed by atoms with Crippen LogP contribution in [0.25, 0.3) is 0 Å². The van der Waals surface area contributed by atoms with Crippen LogP contribution in [-0.2, 0) is 0 Å². The number of nitrogens with one attached hydrogen (secondary N) is 2. The first-order valence-corrected chi connectivity index (χ1v) is 6.72. The second-order valence-electron chi connectivity index (χ2n) is 4.82. The highest BCUT2D eigenvalue weighted by Crippen LogP contribution is 2.23. The second kappa shape index (κ2) is 6.93. The lowest BCUT2D eigenvalue weighted by Crippen LogP contribution is -2.29. The van der Waals surface area contributed by atoms with E-state index in [-0.39, 0.29) is 16.7 Å². The van der Waals surface area contributed by atoms with Crippen molar-refractivity contribution in [3.63, 3.8) is 0 Å². The Kier molecular flexibility index (Phi) is 5.54. The highest BCUT2D eigenvalue weighted by atomic mass is 35.5.